The van der Waals surface area contributed by atoms with E-state index in [9.17, 15) is 23.2 Å². The summed E-state index contributed by atoms with van der Waals surface area (Å²) in [5.74, 6) is -3.27. The lowest BCUT2D eigenvalue weighted by atomic mass is 9.85. The Hall–Kier alpha value is -2.85. The number of aromatic nitrogens is 2. The zero-order chi connectivity index (χ0) is 24.8. The van der Waals surface area contributed by atoms with E-state index in [1.807, 2.05) is 6.92 Å². The third kappa shape index (κ3) is 6.38. The summed E-state index contributed by atoms with van der Waals surface area (Å²) in [6, 6.07) is 1.39. The maximum Gasteiger partial charge on any atom is 0.270 e. The van der Waals surface area contributed by atoms with Gasteiger partial charge in [-0.05, 0) is 45.1 Å². The van der Waals surface area contributed by atoms with E-state index in [2.05, 4.69) is 20.6 Å². The Kier molecular flexibility index (Phi) is 8.73. The molecule has 0 spiro atoms. The number of anilines is 1. The van der Waals surface area contributed by atoms with Crippen LogP contribution in [0.4, 0.5) is 14.5 Å². The number of benzene rings is 1. The van der Waals surface area contributed by atoms with Gasteiger partial charge in [-0.15, -0.1) is 0 Å². The Bertz CT molecular complexity index is 1030. The van der Waals surface area contributed by atoms with Gasteiger partial charge in [-0.1, -0.05) is 11.6 Å². The maximum absolute atomic E-state index is 13.9. The summed E-state index contributed by atoms with van der Waals surface area (Å²) in [6.45, 7) is 1.85. The number of carbonyl (C=O) groups is 3. The number of ether oxygens (including phenoxy) is 1. The van der Waals surface area contributed by atoms with Crippen molar-refractivity contribution in [3.05, 3.63) is 46.5 Å². The molecule has 2 amide bonds. The number of nitrogens with zero attached hydrogens (tertiary/aromatic N) is 1. The summed E-state index contributed by atoms with van der Waals surface area (Å²) in [6.07, 6.45) is 3.91. The van der Waals surface area contributed by atoms with Crippen LogP contribution >= 0.6 is 11.6 Å². The molecular formula is C23H27ClF2N4O4. The Morgan fingerprint density at radius 3 is 2.59 bits per heavy atom. The van der Waals surface area contributed by atoms with Crippen LogP contribution in [0.25, 0.3) is 0 Å². The second-order valence-corrected chi connectivity index (χ2v) is 8.80. The third-order valence-corrected chi connectivity index (χ3v) is 6.30. The molecule has 1 aromatic carbocycles. The van der Waals surface area contributed by atoms with E-state index in [1.165, 1.54) is 6.33 Å². The van der Waals surface area contributed by atoms with Crippen molar-refractivity contribution in [3.63, 3.8) is 0 Å². The van der Waals surface area contributed by atoms with Gasteiger partial charge in [0.05, 0.1) is 23.1 Å². The number of halogens is 3. The molecule has 3 rings (SSSR count). The summed E-state index contributed by atoms with van der Waals surface area (Å²) in [5.41, 5.74) is -0.0525. The minimum absolute atomic E-state index is 0.0804. The number of Topliss-reactive ketones (excluding diaryl/α,β-unsaturated/α-hetero) is 1. The largest absolute Gasteiger partial charge is 0.382 e. The van der Waals surface area contributed by atoms with Crippen LogP contribution in [0.15, 0.2) is 18.5 Å². The van der Waals surface area contributed by atoms with Gasteiger partial charge in [0.1, 0.15) is 17.2 Å². The summed E-state index contributed by atoms with van der Waals surface area (Å²) < 4.78 is 32.3. The lowest BCUT2D eigenvalue weighted by molar-refractivity contribution is -0.120. The lowest BCUT2D eigenvalue weighted by Crippen LogP contribution is -2.40. The number of rotatable bonds is 9. The highest BCUT2D eigenvalue weighted by Crippen LogP contribution is 2.30. The zero-order valence-corrected chi connectivity index (χ0v) is 19.7. The van der Waals surface area contributed by atoms with Gasteiger partial charge < -0.3 is 20.4 Å². The Balaban J connectivity index is 1.52. The standard InChI is InChI=1S/C23H27ClF2N4O4/c1-12(34-2)3-8-18(31)20-21(28-11-27-20)23(33)29-15-6-4-13(5-7-15)22(32)30-19-16(24)9-14(25)10-17(19)26/h9-13,15H,3-8H2,1-2H3,(H,27,28)(H,29,33)(H,30,32). The predicted octanol–water partition coefficient (Wildman–Crippen LogP) is 4.27. The number of carbonyl (C=O) groups excluding carboxylic acids is 3. The van der Waals surface area contributed by atoms with Crippen molar-refractivity contribution < 1.29 is 27.9 Å². The highest BCUT2D eigenvalue weighted by atomic mass is 35.5. The predicted molar refractivity (Wildman–Crippen MR) is 122 cm³/mol. The highest BCUT2D eigenvalue weighted by molar-refractivity contribution is 6.33. The van der Waals surface area contributed by atoms with Crippen LogP contribution in [0.5, 0.6) is 0 Å². The van der Waals surface area contributed by atoms with Crippen LogP contribution in [-0.2, 0) is 9.53 Å². The fourth-order valence-electron chi connectivity index (χ4n) is 3.89. The van der Waals surface area contributed by atoms with Crippen LogP contribution < -0.4 is 10.6 Å². The van der Waals surface area contributed by atoms with Crippen molar-refractivity contribution in [2.75, 3.05) is 12.4 Å². The number of hydrogen-bond acceptors (Lipinski definition) is 5. The van der Waals surface area contributed by atoms with Gasteiger partial charge in [0.25, 0.3) is 5.91 Å². The fourth-order valence-corrected chi connectivity index (χ4v) is 4.14. The van der Waals surface area contributed by atoms with Crippen LogP contribution in [0.1, 0.15) is 66.4 Å². The molecule has 1 saturated carbocycles. The Morgan fingerprint density at radius 2 is 1.94 bits per heavy atom. The normalized spacial score (nSPS) is 18.9. The van der Waals surface area contributed by atoms with Gasteiger partial charge in [-0.25, -0.2) is 13.8 Å². The summed E-state index contributed by atoms with van der Waals surface area (Å²) in [7, 11) is 1.57. The molecule has 1 aliphatic carbocycles. The zero-order valence-electron chi connectivity index (χ0n) is 18.9. The molecule has 1 unspecified atom stereocenters. The fraction of sp³-hybridized carbons (Fsp3) is 0.478. The molecule has 2 aromatic rings. The molecule has 1 aliphatic rings. The van der Waals surface area contributed by atoms with E-state index < -0.39 is 29.4 Å². The second kappa shape index (κ2) is 11.5. The van der Waals surface area contributed by atoms with E-state index in [-0.39, 0.29) is 46.4 Å². The number of imidazole rings is 1. The Morgan fingerprint density at radius 1 is 1.24 bits per heavy atom. The molecule has 0 bridgehead atoms. The van der Waals surface area contributed by atoms with Crippen molar-refractivity contribution in [3.8, 4) is 0 Å². The first kappa shape index (κ1) is 25.8. The summed E-state index contributed by atoms with van der Waals surface area (Å²) in [5, 5.41) is 5.11. The molecule has 1 atom stereocenters. The number of H-pyrrole nitrogens is 1. The minimum atomic E-state index is -0.944. The Labute approximate surface area is 200 Å². The van der Waals surface area contributed by atoms with Gasteiger partial charge in [0, 0.05) is 31.6 Å². The molecule has 11 heteroatoms. The van der Waals surface area contributed by atoms with Crippen molar-refractivity contribution in [1.29, 1.82) is 0 Å². The second-order valence-electron chi connectivity index (χ2n) is 8.39. The van der Waals surface area contributed by atoms with Crippen LogP contribution in [0.3, 0.4) is 0 Å². The summed E-state index contributed by atoms with van der Waals surface area (Å²) in [4.78, 5) is 44.5. The number of aromatic amines is 1. The van der Waals surface area contributed by atoms with Crippen LogP contribution in [0.2, 0.25) is 5.02 Å². The van der Waals surface area contributed by atoms with E-state index in [0.29, 0.717) is 38.2 Å². The number of ketones is 1. The monoisotopic (exact) mass is 496 g/mol. The molecule has 8 nitrogen and oxygen atoms in total. The molecular weight excluding hydrogens is 470 g/mol. The molecule has 0 radical (unpaired) electrons. The van der Waals surface area contributed by atoms with Crippen LogP contribution in [0, 0.1) is 17.6 Å². The van der Waals surface area contributed by atoms with Crippen molar-refractivity contribution >= 4 is 34.9 Å². The topological polar surface area (TPSA) is 113 Å². The first-order valence-electron chi connectivity index (χ1n) is 11.0. The molecule has 34 heavy (non-hydrogen) atoms. The van der Waals surface area contributed by atoms with Gasteiger partial charge in [0.15, 0.2) is 11.6 Å². The minimum Gasteiger partial charge on any atom is -0.382 e. The van der Waals surface area contributed by atoms with Crippen molar-refractivity contribution in [2.24, 2.45) is 5.92 Å². The van der Waals surface area contributed by atoms with Crippen LogP contribution in [-0.4, -0.2) is 46.8 Å². The number of hydrogen-bond donors (Lipinski definition) is 3. The molecule has 184 valence electrons. The molecule has 1 fully saturated rings. The van der Waals surface area contributed by atoms with E-state index >= 15 is 0 Å². The first-order chi connectivity index (χ1) is 16.2. The van der Waals surface area contributed by atoms with Gasteiger partial charge >= 0.3 is 0 Å². The SMILES string of the molecule is COC(C)CCC(=O)c1nc[nH]c1C(=O)NC1CCC(C(=O)Nc2c(F)cc(F)cc2Cl)CC1. The van der Waals surface area contributed by atoms with E-state index in [0.717, 1.165) is 6.07 Å². The summed E-state index contributed by atoms with van der Waals surface area (Å²) >= 11 is 5.84. The van der Waals surface area contributed by atoms with E-state index in [1.54, 1.807) is 7.11 Å². The highest BCUT2D eigenvalue weighted by Gasteiger charge is 2.29. The number of amides is 2. The lowest BCUT2D eigenvalue weighted by Gasteiger charge is -2.28. The van der Waals surface area contributed by atoms with Crippen molar-refractivity contribution in [2.45, 2.75) is 57.6 Å². The molecule has 0 saturated heterocycles. The smallest absolute Gasteiger partial charge is 0.270 e. The quantitative estimate of drug-likeness (QED) is 0.449. The third-order valence-electron chi connectivity index (χ3n) is 6.00. The molecule has 0 aliphatic heterocycles. The number of methoxy groups -OCH3 is 1. The first-order valence-corrected chi connectivity index (χ1v) is 11.4. The average Bonchev–Trinajstić information content (AvgIpc) is 3.30. The van der Waals surface area contributed by atoms with Gasteiger partial charge in [-0.3, -0.25) is 14.4 Å². The maximum atomic E-state index is 13.9. The number of nitrogens with one attached hydrogen (secondary N) is 3. The average molecular weight is 497 g/mol. The molecule has 1 heterocycles. The van der Waals surface area contributed by atoms with E-state index in [4.69, 9.17) is 16.3 Å². The molecule has 1 aromatic heterocycles. The van der Waals surface area contributed by atoms with Crippen molar-refractivity contribution in [1.82, 2.24) is 15.3 Å². The van der Waals surface area contributed by atoms with Gasteiger partial charge in [0.2, 0.25) is 5.91 Å². The molecule has 3 N–H and O–H groups in total. The van der Waals surface area contributed by atoms with Gasteiger partial charge in [-0.2, -0.15) is 0 Å².